The molecule has 0 saturated carbocycles. The number of hydrogen-bond donors (Lipinski definition) is 2. The molecule has 70 valence electrons. The first-order valence-electron chi connectivity index (χ1n) is 3.37. The van der Waals surface area contributed by atoms with Gasteiger partial charge in [-0.1, -0.05) is 6.92 Å². The van der Waals surface area contributed by atoms with Gasteiger partial charge in [-0.2, -0.15) is 0 Å². The van der Waals surface area contributed by atoms with Gasteiger partial charge in [-0.05, 0) is 5.75 Å². The summed E-state index contributed by atoms with van der Waals surface area (Å²) in [5.41, 5.74) is 4.84. The quantitative estimate of drug-likeness (QED) is 0.481. The summed E-state index contributed by atoms with van der Waals surface area (Å²) in [5, 5.41) is 1.56. The number of esters is 1. The predicted octanol–water partition coefficient (Wildman–Crippen LogP) is -0.0931. The number of nitrogens with one attached hydrogen (secondary N) is 1. The fraction of sp³-hybridized carbons (Fsp3) is 0.667. The van der Waals surface area contributed by atoms with Crippen molar-refractivity contribution in [3.05, 3.63) is 0 Å². The maximum atomic E-state index is 10.9. The number of carbonyl (C=O) groups is 2. The molecule has 0 saturated heterocycles. The molecule has 2 amide bonds. The average molecular weight is 192 g/mol. The molecule has 1 atom stereocenters. The summed E-state index contributed by atoms with van der Waals surface area (Å²) < 4.78 is 4.44. The summed E-state index contributed by atoms with van der Waals surface area (Å²) in [6.07, 6.45) is 0. The minimum Gasteiger partial charge on any atom is -0.467 e. The first-order chi connectivity index (χ1) is 5.61. The largest absolute Gasteiger partial charge is 0.467 e. The molecule has 0 rings (SSSR count). The molecule has 0 radical (unpaired) electrons. The highest BCUT2D eigenvalue weighted by molar-refractivity contribution is 8.00. The molecule has 5 nitrogen and oxygen atoms in total. The molecule has 12 heavy (non-hydrogen) atoms. The van der Waals surface area contributed by atoms with Gasteiger partial charge in [-0.3, -0.25) is 0 Å². The van der Waals surface area contributed by atoms with Crippen molar-refractivity contribution < 1.29 is 14.3 Å². The zero-order chi connectivity index (χ0) is 9.56. The van der Waals surface area contributed by atoms with Crippen LogP contribution in [-0.2, 0) is 9.53 Å². The van der Waals surface area contributed by atoms with Crippen LogP contribution in [0.15, 0.2) is 0 Å². The molecule has 1 unspecified atom stereocenters. The van der Waals surface area contributed by atoms with Gasteiger partial charge in [0.15, 0.2) is 5.37 Å². The minimum absolute atomic E-state index is 0.499. The topological polar surface area (TPSA) is 81.4 Å². The van der Waals surface area contributed by atoms with Crippen molar-refractivity contribution in [3.8, 4) is 0 Å². The maximum absolute atomic E-state index is 10.9. The third-order valence-corrected chi connectivity index (χ3v) is 2.00. The summed E-state index contributed by atoms with van der Waals surface area (Å²) in [4.78, 5) is 21.3. The van der Waals surface area contributed by atoms with E-state index in [4.69, 9.17) is 5.73 Å². The van der Waals surface area contributed by atoms with Gasteiger partial charge in [0, 0.05) is 0 Å². The highest BCUT2D eigenvalue weighted by Gasteiger charge is 2.19. The monoisotopic (exact) mass is 192 g/mol. The van der Waals surface area contributed by atoms with Gasteiger partial charge < -0.3 is 15.8 Å². The standard InChI is InChI=1S/C6H12N2O3S/c1-3-12-4(5(9)11-2)8-6(7)10/h4H,3H2,1-2H3,(H3,7,8,10). The van der Waals surface area contributed by atoms with Crippen molar-refractivity contribution in [1.29, 1.82) is 0 Å². The van der Waals surface area contributed by atoms with E-state index in [9.17, 15) is 9.59 Å². The van der Waals surface area contributed by atoms with Crippen molar-refractivity contribution in [2.75, 3.05) is 12.9 Å². The van der Waals surface area contributed by atoms with E-state index < -0.39 is 17.4 Å². The Balaban J connectivity index is 4.02. The number of primary amides is 1. The number of ether oxygens (including phenoxy) is 1. The number of amides is 2. The number of carbonyl (C=O) groups excluding carboxylic acids is 2. The Morgan fingerprint density at radius 1 is 1.67 bits per heavy atom. The van der Waals surface area contributed by atoms with Gasteiger partial charge in [-0.15, -0.1) is 11.8 Å². The highest BCUT2D eigenvalue weighted by atomic mass is 32.2. The van der Waals surface area contributed by atoms with E-state index >= 15 is 0 Å². The molecule has 0 spiro atoms. The normalized spacial score (nSPS) is 11.8. The molecule has 0 aliphatic rings. The molecular weight excluding hydrogens is 180 g/mol. The van der Waals surface area contributed by atoms with Crippen LogP contribution >= 0.6 is 11.8 Å². The van der Waals surface area contributed by atoms with E-state index in [0.717, 1.165) is 0 Å². The Bertz CT molecular complexity index is 174. The minimum atomic E-state index is -0.730. The second-order valence-electron chi connectivity index (χ2n) is 1.87. The van der Waals surface area contributed by atoms with E-state index in [-0.39, 0.29) is 0 Å². The summed E-state index contributed by atoms with van der Waals surface area (Å²) in [5.74, 6) is 0.195. The number of urea groups is 1. The second kappa shape index (κ2) is 5.70. The molecule has 3 N–H and O–H groups in total. The molecule has 0 aromatic rings. The van der Waals surface area contributed by atoms with Crippen molar-refractivity contribution in [1.82, 2.24) is 5.32 Å². The number of methoxy groups -OCH3 is 1. The van der Waals surface area contributed by atoms with Crippen LogP contribution in [0.25, 0.3) is 0 Å². The van der Waals surface area contributed by atoms with Gasteiger partial charge in [0.2, 0.25) is 0 Å². The Kier molecular flexibility index (Phi) is 5.27. The van der Waals surface area contributed by atoms with E-state index in [1.54, 1.807) is 0 Å². The van der Waals surface area contributed by atoms with Gasteiger partial charge in [0.1, 0.15) is 0 Å². The molecule has 6 heteroatoms. The lowest BCUT2D eigenvalue weighted by Crippen LogP contribution is -2.42. The Morgan fingerprint density at radius 3 is 2.58 bits per heavy atom. The van der Waals surface area contributed by atoms with Crippen molar-refractivity contribution in [2.45, 2.75) is 12.3 Å². The van der Waals surface area contributed by atoms with Crippen LogP contribution in [0.5, 0.6) is 0 Å². The molecular formula is C6H12N2O3S. The Morgan fingerprint density at radius 2 is 2.25 bits per heavy atom. The first kappa shape index (κ1) is 11.1. The Hall–Kier alpha value is -0.910. The third-order valence-electron chi connectivity index (χ3n) is 1.02. The van der Waals surface area contributed by atoms with Crippen LogP contribution in [0.2, 0.25) is 0 Å². The van der Waals surface area contributed by atoms with E-state index in [2.05, 4.69) is 10.1 Å². The second-order valence-corrected chi connectivity index (χ2v) is 3.25. The molecule has 0 aliphatic carbocycles. The zero-order valence-corrected chi connectivity index (χ0v) is 7.81. The van der Waals surface area contributed by atoms with Crippen molar-refractivity contribution in [3.63, 3.8) is 0 Å². The van der Waals surface area contributed by atoms with Gasteiger partial charge in [0.05, 0.1) is 7.11 Å². The van der Waals surface area contributed by atoms with Gasteiger partial charge >= 0.3 is 12.0 Å². The predicted molar refractivity (Wildman–Crippen MR) is 46.7 cm³/mol. The van der Waals surface area contributed by atoms with Crippen LogP contribution < -0.4 is 11.1 Å². The zero-order valence-electron chi connectivity index (χ0n) is 6.99. The van der Waals surface area contributed by atoms with Crippen LogP contribution in [0.1, 0.15) is 6.92 Å². The van der Waals surface area contributed by atoms with Crippen molar-refractivity contribution in [2.24, 2.45) is 5.73 Å². The molecule has 0 aromatic heterocycles. The summed E-state index contributed by atoms with van der Waals surface area (Å²) >= 11 is 1.25. The summed E-state index contributed by atoms with van der Waals surface area (Å²) in [7, 11) is 1.26. The highest BCUT2D eigenvalue weighted by Crippen LogP contribution is 2.08. The SMILES string of the molecule is CCSC(NC(N)=O)C(=O)OC. The molecule has 0 aromatic carbocycles. The first-order valence-corrected chi connectivity index (χ1v) is 4.42. The number of rotatable bonds is 4. The smallest absolute Gasteiger partial charge is 0.339 e. The Labute approximate surface area is 75.0 Å². The molecule has 0 fully saturated rings. The lowest BCUT2D eigenvalue weighted by Gasteiger charge is -2.12. The average Bonchev–Trinajstić information content (AvgIpc) is 2.01. The van der Waals surface area contributed by atoms with E-state index in [1.807, 2.05) is 6.92 Å². The van der Waals surface area contributed by atoms with Crippen LogP contribution in [0.4, 0.5) is 4.79 Å². The van der Waals surface area contributed by atoms with Crippen molar-refractivity contribution >= 4 is 23.8 Å². The number of hydrogen-bond acceptors (Lipinski definition) is 4. The van der Waals surface area contributed by atoms with E-state index in [0.29, 0.717) is 5.75 Å². The third kappa shape index (κ3) is 4.07. The molecule has 0 aliphatic heterocycles. The fourth-order valence-electron chi connectivity index (χ4n) is 0.572. The number of nitrogens with two attached hydrogens (primary N) is 1. The number of thioether (sulfide) groups is 1. The molecule has 0 bridgehead atoms. The fourth-order valence-corrected chi connectivity index (χ4v) is 1.34. The van der Waals surface area contributed by atoms with Crippen LogP contribution in [-0.4, -0.2) is 30.2 Å². The van der Waals surface area contributed by atoms with E-state index in [1.165, 1.54) is 18.9 Å². The summed E-state index contributed by atoms with van der Waals surface area (Å²) in [6, 6.07) is -0.730. The lowest BCUT2D eigenvalue weighted by molar-refractivity contribution is -0.140. The van der Waals surface area contributed by atoms with Crippen LogP contribution in [0.3, 0.4) is 0 Å². The van der Waals surface area contributed by atoms with Gasteiger partial charge in [0.25, 0.3) is 0 Å². The lowest BCUT2D eigenvalue weighted by atomic mass is 10.6. The summed E-state index contributed by atoms with van der Waals surface area (Å²) in [6.45, 7) is 1.86. The van der Waals surface area contributed by atoms with Gasteiger partial charge in [-0.25, -0.2) is 9.59 Å². The molecule has 0 heterocycles. The van der Waals surface area contributed by atoms with Crippen LogP contribution in [0, 0.1) is 0 Å². The maximum Gasteiger partial charge on any atom is 0.339 e.